The van der Waals surface area contributed by atoms with E-state index < -0.39 is 0 Å². The summed E-state index contributed by atoms with van der Waals surface area (Å²) in [7, 11) is 0. The highest BCUT2D eigenvalue weighted by atomic mass is 19.1. The molecule has 0 atom stereocenters. The third-order valence-corrected chi connectivity index (χ3v) is 5.06. The molecule has 31 heavy (non-hydrogen) atoms. The molecule has 1 N–H and O–H groups in total. The molecule has 4 rings (SSSR count). The number of anilines is 1. The average molecular weight is 414 g/mol. The van der Waals surface area contributed by atoms with Gasteiger partial charge in [0.1, 0.15) is 11.6 Å². The highest BCUT2D eigenvalue weighted by Crippen LogP contribution is 2.29. The molecule has 0 aliphatic carbocycles. The Kier molecular flexibility index (Phi) is 5.67. The Bertz CT molecular complexity index is 1250. The van der Waals surface area contributed by atoms with Crippen molar-refractivity contribution >= 4 is 22.5 Å². The van der Waals surface area contributed by atoms with Crippen LogP contribution in [-0.4, -0.2) is 17.5 Å². The third kappa shape index (κ3) is 4.40. The molecule has 4 nitrogen and oxygen atoms in total. The van der Waals surface area contributed by atoms with Crippen molar-refractivity contribution in [3.05, 3.63) is 89.2 Å². The summed E-state index contributed by atoms with van der Waals surface area (Å²) in [6.45, 7) is 6.48. The summed E-state index contributed by atoms with van der Waals surface area (Å²) < 4.78 is 18.9. The maximum atomic E-state index is 13.4. The second-order valence-electron chi connectivity index (χ2n) is 7.45. The minimum atomic E-state index is -0.315. The number of halogens is 1. The van der Waals surface area contributed by atoms with Crippen LogP contribution in [-0.2, 0) is 0 Å². The Labute approximate surface area is 180 Å². The van der Waals surface area contributed by atoms with E-state index in [2.05, 4.69) is 5.32 Å². The molecule has 1 amide bonds. The standard InChI is InChI=1S/C26H23FN2O2/c1-4-31-21-11-9-20(10-12-21)28-26(30)23-15-24(18-5-7-19(27)8-6-18)29-25-17(3)13-16(2)14-22(23)25/h5-15H,4H2,1-3H3,(H,28,30). The number of amides is 1. The van der Waals surface area contributed by atoms with Gasteiger partial charge in [0, 0.05) is 16.6 Å². The van der Waals surface area contributed by atoms with Crippen LogP contribution >= 0.6 is 0 Å². The quantitative estimate of drug-likeness (QED) is 0.416. The van der Waals surface area contributed by atoms with Gasteiger partial charge in [-0.25, -0.2) is 9.37 Å². The van der Waals surface area contributed by atoms with Crippen LogP contribution < -0.4 is 10.1 Å². The first kappa shape index (κ1) is 20.5. The van der Waals surface area contributed by atoms with Gasteiger partial charge in [0.25, 0.3) is 5.91 Å². The van der Waals surface area contributed by atoms with Crippen molar-refractivity contribution in [1.82, 2.24) is 4.98 Å². The minimum Gasteiger partial charge on any atom is -0.494 e. The van der Waals surface area contributed by atoms with Crippen LogP contribution in [0.3, 0.4) is 0 Å². The van der Waals surface area contributed by atoms with E-state index in [0.717, 1.165) is 33.3 Å². The number of pyridine rings is 1. The first-order valence-corrected chi connectivity index (χ1v) is 10.2. The average Bonchev–Trinajstić information content (AvgIpc) is 2.75. The lowest BCUT2D eigenvalue weighted by Gasteiger charge is -2.13. The highest BCUT2D eigenvalue weighted by Gasteiger charge is 2.16. The Morgan fingerprint density at radius 3 is 2.39 bits per heavy atom. The van der Waals surface area contributed by atoms with Crippen molar-refractivity contribution < 1.29 is 13.9 Å². The number of ether oxygens (including phenoxy) is 1. The zero-order valence-corrected chi connectivity index (χ0v) is 17.7. The maximum Gasteiger partial charge on any atom is 0.256 e. The summed E-state index contributed by atoms with van der Waals surface area (Å²) in [5, 5.41) is 3.75. The molecule has 1 aromatic heterocycles. The number of aromatic nitrogens is 1. The van der Waals surface area contributed by atoms with Crippen molar-refractivity contribution in [2.24, 2.45) is 0 Å². The monoisotopic (exact) mass is 414 g/mol. The second kappa shape index (κ2) is 8.56. The van der Waals surface area contributed by atoms with Crippen molar-refractivity contribution in [3.63, 3.8) is 0 Å². The third-order valence-electron chi connectivity index (χ3n) is 5.06. The predicted molar refractivity (Wildman–Crippen MR) is 122 cm³/mol. The van der Waals surface area contributed by atoms with Crippen LogP contribution in [0.15, 0.2) is 66.7 Å². The molecule has 0 radical (unpaired) electrons. The normalized spacial score (nSPS) is 10.8. The molecule has 156 valence electrons. The van der Waals surface area contributed by atoms with Gasteiger partial charge >= 0.3 is 0 Å². The number of hydrogen-bond donors (Lipinski definition) is 1. The lowest BCUT2D eigenvalue weighted by molar-refractivity contribution is 0.102. The molecule has 5 heteroatoms. The summed E-state index contributed by atoms with van der Waals surface area (Å²) in [6, 6.07) is 19.2. The molecule has 0 saturated carbocycles. The van der Waals surface area contributed by atoms with Crippen LogP contribution in [0.25, 0.3) is 22.2 Å². The second-order valence-corrected chi connectivity index (χ2v) is 7.45. The van der Waals surface area contributed by atoms with E-state index in [1.807, 2.05) is 57.2 Å². The Hall–Kier alpha value is -3.73. The molecular weight excluding hydrogens is 391 g/mol. The molecule has 1 heterocycles. The van der Waals surface area contributed by atoms with Gasteiger partial charge in [0.15, 0.2) is 0 Å². The SMILES string of the molecule is CCOc1ccc(NC(=O)c2cc(-c3ccc(F)cc3)nc3c(C)cc(C)cc23)cc1. The van der Waals surface area contributed by atoms with Crippen LogP contribution in [0, 0.1) is 19.7 Å². The molecule has 0 saturated heterocycles. The largest absolute Gasteiger partial charge is 0.494 e. The molecule has 0 fully saturated rings. The summed E-state index contributed by atoms with van der Waals surface area (Å²) >= 11 is 0. The van der Waals surface area contributed by atoms with Crippen molar-refractivity contribution in [2.45, 2.75) is 20.8 Å². The van der Waals surface area contributed by atoms with Gasteiger partial charge in [-0.3, -0.25) is 4.79 Å². The van der Waals surface area contributed by atoms with E-state index in [-0.39, 0.29) is 11.7 Å². The number of nitrogens with zero attached hydrogens (tertiary/aromatic N) is 1. The number of nitrogens with one attached hydrogen (secondary N) is 1. The van der Waals surface area contributed by atoms with E-state index in [0.29, 0.717) is 23.6 Å². The fraction of sp³-hybridized carbons (Fsp3) is 0.154. The first-order chi connectivity index (χ1) is 14.9. The summed E-state index contributed by atoms with van der Waals surface area (Å²) in [5.74, 6) is 0.203. The van der Waals surface area contributed by atoms with Crippen molar-refractivity contribution in [1.29, 1.82) is 0 Å². The molecule has 0 aliphatic heterocycles. The van der Waals surface area contributed by atoms with E-state index in [9.17, 15) is 9.18 Å². The zero-order valence-electron chi connectivity index (χ0n) is 17.7. The maximum absolute atomic E-state index is 13.4. The number of aryl methyl sites for hydroxylation is 2. The van der Waals surface area contributed by atoms with Gasteiger partial charge in [-0.05, 0) is 87.0 Å². The van der Waals surface area contributed by atoms with Crippen molar-refractivity contribution in [3.8, 4) is 17.0 Å². The summed E-state index contributed by atoms with van der Waals surface area (Å²) in [5.41, 5.74) is 5.35. The molecule has 4 aromatic rings. The summed E-state index contributed by atoms with van der Waals surface area (Å²) in [4.78, 5) is 18.0. The zero-order chi connectivity index (χ0) is 22.0. The lowest BCUT2D eigenvalue weighted by Crippen LogP contribution is -2.13. The lowest BCUT2D eigenvalue weighted by atomic mass is 9.99. The fourth-order valence-electron chi connectivity index (χ4n) is 3.64. The fourth-order valence-corrected chi connectivity index (χ4v) is 3.64. The van der Waals surface area contributed by atoms with E-state index >= 15 is 0 Å². The van der Waals surface area contributed by atoms with Gasteiger partial charge in [0.05, 0.1) is 23.4 Å². The van der Waals surface area contributed by atoms with Gasteiger partial charge in [-0.15, -0.1) is 0 Å². The minimum absolute atomic E-state index is 0.232. The van der Waals surface area contributed by atoms with Gasteiger partial charge in [-0.1, -0.05) is 11.6 Å². The van der Waals surface area contributed by atoms with Crippen LogP contribution in [0.1, 0.15) is 28.4 Å². The van der Waals surface area contributed by atoms with Crippen LogP contribution in [0.5, 0.6) is 5.75 Å². The van der Waals surface area contributed by atoms with Gasteiger partial charge in [-0.2, -0.15) is 0 Å². The Morgan fingerprint density at radius 2 is 1.71 bits per heavy atom. The molecule has 0 bridgehead atoms. The topological polar surface area (TPSA) is 51.2 Å². The highest BCUT2D eigenvalue weighted by molar-refractivity contribution is 6.13. The molecule has 0 spiro atoms. The van der Waals surface area contributed by atoms with Gasteiger partial charge in [0.2, 0.25) is 0 Å². The Morgan fingerprint density at radius 1 is 1.00 bits per heavy atom. The molecule has 0 aliphatic rings. The number of carbonyl (C=O) groups excluding carboxylic acids is 1. The Balaban J connectivity index is 1.78. The van der Waals surface area contributed by atoms with Crippen LogP contribution in [0.4, 0.5) is 10.1 Å². The number of benzene rings is 3. The molecular formula is C26H23FN2O2. The number of rotatable bonds is 5. The molecule has 3 aromatic carbocycles. The number of hydrogen-bond acceptors (Lipinski definition) is 3. The summed E-state index contributed by atoms with van der Waals surface area (Å²) in [6.07, 6.45) is 0. The predicted octanol–water partition coefficient (Wildman–Crippen LogP) is 6.31. The number of carbonyl (C=O) groups is 1. The number of fused-ring (bicyclic) bond motifs is 1. The van der Waals surface area contributed by atoms with Gasteiger partial charge < -0.3 is 10.1 Å². The smallest absolute Gasteiger partial charge is 0.256 e. The van der Waals surface area contributed by atoms with E-state index in [1.165, 1.54) is 12.1 Å². The van der Waals surface area contributed by atoms with E-state index in [4.69, 9.17) is 9.72 Å². The first-order valence-electron chi connectivity index (χ1n) is 10.2. The van der Waals surface area contributed by atoms with E-state index in [1.54, 1.807) is 18.2 Å². The molecule has 0 unspecified atom stereocenters. The van der Waals surface area contributed by atoms with Crippen LogP contribution in [0.2, 0.25) is 0 Å². The van der Waals surface area contributed by atoms with Crippen molar-refractivity contribution in [2.75, 3.05) is 11.9 Å².